The van der Waals surface area contributed by atoms with Gasteiger partial charge in [-0.2, -0.15) is 0 Å². The highest BCUT2D eigenvalue weighted by atomic mass is 16.8. The number of carboxylic acids is 1. The largest absolute Gasteiger partial charge is 0.481 e. The van der Waals surface area contributed by atoms with Crippen molar-refractivity contribution in [2.75, 3.05) is 0 Å². The van der Waals surface area contributed by atoms with E-state index in [1.54, 1.807) is 0 Å². The Kier molecular flexibility index (Phi) is 12.6. The Balaban J connectivity index is 1.26. The van der Waals surface area contributed by atoms with Gasteiger partial charge in [0, 0.05) is 30.6 Å². The van der Waals surface area contributed by atoms with Crippen molar-refractivity contribution in [3.05, 3.63) is 12.2 Å². The molecule has 0 aliphatic carbocycles. The SMILES string of the molecule is CCC(C(=O)O)C1CC[C@H](C)C([C@@H](C)C[C@H](C)C(=O)[C@H](CC)[C@H]2O[C@]3(C=CC[C@]4(CC[C@@](C)([C@H]5CC[C@](O)(CC)[C@H](C)O5)O4)O3)[C@H](C)C[C@@H]2C)O1. The minimum atomic E-state index is -0.992. The second-order valence-electron chi connectivity index (χ2n) is 17.8. The summed E-state index contributed by atoms with van der Waals surface area (Å²) < 4.78 is 34.1. The van der Waals surface area contributed by atoms with Gasteiger partial charge < -0.3 is 33.9 Å². The first-order chi connectivity index (χ1) is 24.0. The summed E-state index contributed by atoms with van der Waals surface area (Å²) in [5.74, 6) is -2.70. The highest BCUT2D eigenvalue weighted by Crippen LogP contribution is 2.54. The van der Waals surface area contributed by atoms with Gasteiger partial charge in [0.2, 0.25) is 0 Å². The van der Waals surface area contributed by atoms with Crippen LogP contribution in [0.5, 0.6) is 0 Å². The molecule has 16 atom stereocenters. The topological polar surface area (TPSA) is 121 Å². The van der Waals surface area contributed by atoms with E-state index in [-0.39, 0.29) is 65.9 Å². The predicted octanol–water partition coefficient (Wildman–Crippen LogP) is 8.25. The fourth-order valence-electron chi connectivity index (χ4n) is 10.6. The van der Waals surface area contributed by atoms with Crippen LogP contribution in [0.3, 0.4) is 0 Å². The lowest BCUT2D eigenvalue weighted by Gasteiger charge is -2.53. The summed E-state index contributed by atoms with van der Waals surface area (Å²) in [6, 6.07) is 0. The van der Waals surface area contributed by atoms with Gasteiger partial charge in [0.15, 0.2) is 11.6 Å². The average molecular weight is 719 g/mol. The van der Waals surface area contributed by atoms with Crippen molar-refractivity contribution in [2.24, 2.45) is 41.4 Å². The van der Waals surface area contributed by atoms with Crippen LogP contribution in [0, 0.1) is 41.4 Å². The van der Waals surface area contributed by atoms with E-state index in [1.807, 2.05) is 27.7 Å². The monoisotopic (exact) mass is 719 g/mol. The molecular formula is C42H70O9. The van der Waals surface area contributed by atoms with E-state index in [2.05, 4.69) is 53.7 Å². The zero-order valence-electron chi connectivity index (χ0n) is 33.3. The Morgan fingerprint density at radius 2 is 1.59 bits per heavy atom. The standard InChI is InChI=1S/C42H70O9/c1-11-31(38(44)45)33-16-15-25(4)36(48-33)27(6)23-26(5)35(43)32(12-2)37-28(7)24-29(8)42(49-37)19-14-18-41(51-42)22-21-39(10,50-41)34-17-20-40(46,13-3)30(9)47-34/h14,19,25-34,36-37,46H,11-13,15-18,20-24H2,1-10H3,(H,44,45)/t25-,26-,27-,28-,29+,30-,31?,32-,33?,34+,36?,37-,39-,40+,41+,42-/m0/s1. The highest BCUT2D eigenvalue weighted by Gasteiger charge is 2.60. The van der Waals surface area contributed by atoms with Crippen molar-refractivity contribution in [1.29, 1.82) is 0 Å². The zero-order valence-corrected chi connectivity index (χ0v) is 33.3. The molecule has 5 aliphatic rings. The Labute approximate surface area is 307 Å². The summed E-state index contributed by atoms with van der Waals surface area (Å²) in [5.41, 5.74) is -1.35. The Morgan fingerprint density at radius 3 is 2.22 bits per heavy atom. The lowest BCUT2D eigenvalue weighted by atomic mass is 9.73. The van der Waals surface area contributed by atoms with Crippen molar-refractivity contribution >= 4 is 11.8 Å². The first-order valence-electron chi connectivity index (χ1n) is 20.5. The molecule has 0 saturated carbocycles. The first kappa shape index (κ1) is 40.8. The molecule has 0 aromatic carbocycles. The molecule has 292 valence electrons. The number of hydrogen-bond donors (Lipinski definition) is 2. The summed E-state index contributed by atoms with van der Waals surface area (Å²) >= 11 is 0. The minimum absolute atomic E-state index is 0.0684. The van der Waals surface area contributed by atoms with Gasteiger partial charge in [-0.15, -0.1) is 0 Å². The molecule has 2 spiro atoms. The van der Waals surface area contributed by atoms with Crippen LogP contribution in [0.2, 0.25) is 0 Å². The van der Waals surface area contributed by atoms with Crippen LogP contribution >= 0.6 is 0 Å². The van der Waals surface area contributed by atoms with Crippen molar-refractivity contribution in [1.82, 2.24) is 0 Å². The second-order valence-corrected chi connectivity index (χ2v) is 17.8. The van der Waals surface area contributed by atoms with Crippen LogP contribution in [0.15, 0.2) is 12.2 Å². The number of carboxylic acid groups (broad SMARTS) is 1. The molecule has 2 N–H and O–H groups in total. The molecule has 0 aromatic heterocycles. The quantitative estimate of drug-likeness (QED) is 0.192. The summed E-state index contributed by atoms with van der Waals surface area (Å²) in [7, 11) is 0. The Hall–Kier alpha value is -1.36. The number of rotatable bonds is 12. The van der Waals surface area contributed by atoms with Crippen LogP contribution in [-0.4, -0.2) is 75.3 Å². The molecule has 9 nitrogen and oxygen atoms in total. The molecule has 3 unspecified atom stereocenters. The summed E-state index contributed by atoms with van der Waals surface area (Å²) in [6.07, 6.45) is 11.9. The molecule has 0 bridgehead atoms. The molecular weight excluding hydrogens is 648 g/mol. The molecule has 5 rings (SSSR count). The van der Waals surface area contributed by atoms with E-state index in [0.29, 0.717) is 44.4 Å². The molecule has 5 aliphatic heterocycles. The normalized spacial score (nSPS) is 45.4. The number of carbonyl (C=O) groups excluding carboxylic acids is 1. The average Bonchev–Trinajstić information content (AvgIpc) is 3.41. The lowest BCUT2D eigenvalue weighted by molar-refractivity contribution is -0.393. The molecule has 9 heteroatoms. The maximum absolute atomic E-state index is 14.4. The van der Waals surface area contributed by atoms with Crippen molar-refractivity contribution < 1.29 is 43.5 Å². The third kappa shape index (κ3) is 8.05. The zero-order chi connectivity index (χ0) is 37.5. The van der Waals surface area contributed by atoms with Gasteiger partial charge in [0.05, 0.1) is 47.6 Å². The number of Topliss-reactive ketones (excluding diaryl/α,β-unsaturated/α-hetero) is 1. The highest BCUT2D eigenvalue weighted by molar-refractivity contribution is 5.83. The van der Waals surface area contributed by atoms with E-state index in [4.69, 9.17) is 23.7 Å². The van der Waals surface area contributed by atoms with Gasteiger partial charge in [-0.05, 0) is 102 Å². The number of ketones is 1. The number of hydrogen-bond acceptors (Lipinski definition) is 8. The maximum Gasteiger partial charge on any atom is 0.309 e. The van der Waals surface area contributed by atoms with Gasteiger partial charge in [-0.25, -0.2) is 0 Å². The van der Waals surface area contributed by atoms with Gasteiger partial charge in [-0.1, -0.05) is 61.5 Å². The lowest BCUT2D eigenvalue weighted by Crippen LogP contribution is -2.60. The van der Waals surface area contributed by atoms with E-state index >= 15 is 0 Å². The smallest absolute Gasteiger partial charge is 0.309 e. The fourth-order valence-corrected chi connectivity index (χ4v) is 10.6. The molecule has 4 saturated heterocycles. The van der Waals surface area contributed by atoms with E-state index in [0.717, 1.165) is 38.5 Å². The molecule has 0 radical (unpaired) electrons. The van der Waals surface area contributed by atoms with Crippen molar-refractivity contribution in [2.45, 2.75) is 200 Å². The molecule has 5 heterocycles. The number of carbonyl (C=O) groups is 2. The summed E-state index contributed by atoms with van der Waals surface area (Å²) in [6.45, 7) is 20.9. The van der Waals surface area contributed by atoms with E-state index in [9.17, 15) is 19.8 Å². The van der Waals surface area contributed by atoms with Crippen molar-refractivity contribution in [3.8, 4) is 0 Å². The predicted molar refractivity (Wildman–Crippen MR) is 196 cm³/mol. The second kappa shape index (κ2) is 15.8. The van der Waals surface area contributed by atoms with E-state index in [1.165, 1.54) is 0 Å². The van der Waals surface area contributed by atoms with Crippen LogP contribution in [-0.2, 0) is 33.3 Å². The van der Waals surface area contributed by atoms with Gasteiger partial charge >= 0.3 is 5.97 Å². The fraction of sp³-hybridized carbons (Fsp3) is 0.905. The molecule has 51 heavy (non-hydrogen) atoms. The minimum Gasteiger partial charge on any atom is -0.481 e. The Bertz CT molecular complexity index is 1250. The van der Waals surface area contributed by atoms with Gasteiger partial charge in [0.25, 0.3) is 0 Å². The first-order valence-corrected chi connectivity index (χ1v) is 20.5. The third-order valence-corrected chi connectivity index (χ3v) is 14.1. The number of aliphatic hydroxyl groups is 1. The van der Waals surface area contributed by atoms with Crippen molar-refractivity contribution in [3.63, 3.8) is 0 Å². The summed E-state index contributed by atoms with van der Waals surface area (Å²) in [4.78, 5) is 26.3. The summed E-state index contributed by atoms with van der Waals surface area (Å²) in [5, 5.41) is 20.8. The Morgan fingerprint density at radius 1 is 0.882 bits per heavy atom. The maximum atomic E-state index is 14.4. The van der Waals surface area contributed by atoms with Gasteiger partial charge in [-0.3, -0.25) is 9.59 Å². The molecule has 4 fully saturated rings. The number of aliphatic carboxylic acids is 1. The molecule has 0 amide bonds. The van der Waals surface area contributed by atoms with Crippen LogP contribution in [0.1, 0.15) is 146 Å². The van der Waals surface area contributed by atoms with Crippen LogP contribution in [0.25, 0.3) is 0 Å². The third-order valence-electron chi connectivity index (χ3n) is 14.1. The van der Waals surface area contributed by atoms with Gasteiger partial charge in [0.1, 0.15) is 5.78 Å². The van der Waals surface area contributed by atoms with Crippen LogP contribution in [0.4, 0.5) is 0 Å². The van der Waals surface area contributed by atoms with E-state index < -0.39 is 34.7 Å². The molecule has 0 aromatic rings. The van der Waals surface area contributed by atoms with Crippen LogP contribution < -0.4 is 0 Å². The number of ether oxygens (including phenoxy) is 5.